The fourth-order valence-corrected chi connectivity index (χ4v) is 45.9. The zero-order valence-corrected chi connectivity index (χ0v) is 42.0. The van der Waals surface area contributed by atoms with Gasteiger partial charge in [0.25, 0.3) is 0 Å². The van der Waals surface area contributed by atoms with E-state index >= 15 is 0 Å². The molecule has 0 aromatic carbocycles. The van der Waals surface area contributed by atoms with Crippen LogP contribution in [-0.2, 0) is 24.7 Å². The molecular formula is C28H75N3O6S3Si7. The summed E-state index contributed by atoms with van der Waals surface area (Å²) in [5.41, 5.74) is 17.1. The van der Waals surface area contributed by atoms with Crippen molar-refractivity contribution < 1.29 is 24.7 Å². The van der Waals surface area contributed by atoms with E-state index < -0.39 is 59.4 Å². The van der Waals surface area contributed by atoms with Gasteiger partial charge >= 0.3 is 34.5 Å². The van der Waals surface area contributed by atoms with Crippen molar-refractivity contribution in [2.24, 2.45) is 17.2 Å². The summed E-state index contributed by atoms with van der Waals surface area (Å²) in [6.07, 6.45) is 3.16. The Morgan fingerprint density at radius 2 is 0.596 bits per heavy atom. The van der Waals surface area contributed by atoms with E-state index in [0.717, 1.165) is 91.5 Å². The smallest absolute Gasteiger partial charge is 0.436 e. The third-order valence-corrected chi connectivity index (χ3v) is 38.4. The molecule has 0 radical (unpaired) electrons. The first-order valence-electron chi connectivity index (χ1n) is 17.5. The number of nitrogens with two attached hydrogens (primary N) is 3. The van der Waals surface area contributed by atoms with Gasteiger partial charge < -0.3 is 41.9 Å². The molecule has 0 heterocycles. The summed E-state index contributed by atoms with van der Waals surface area (Å²) in [7, 11) is -17.2. The Balaban J connectivity index is 5.94. The largest absolute Gasteiger partial charge is 0.470 e. The molecule has 0 amide bonds. The van der Waals surface area contributed by atoms with Gasteiger partial charge in [0.15, 0.2) is 25.0 Å². The monoisotopic (exact) mass is 841 g/mol. The van der Waals surface area contributed by atoms with Crippen molar-refractivity contribution in [2.75, 3.05) is 54.2 Å². The predicted molar refractivity (Wildman–Crippen MR) is 230 cm³/mol. The van der Waals surface area contributed by atoms with Gasteiger partial charge in [0.2, 0.25) is 0 Å². The van der Waals surface area contributed by atoms with Gasteiger partial charge in [-0.3, -0.25) is 0 Å². The average molecular weight is 843 g/mol. The molecule has 284 valence electrons. The summed E-state index contributed by atoms with van der Waals surface area (Å²) < 4.78 is 42.2. The van der Waals surface area contributed by atoms with E-state index in [9.17, 15) is 0 Å². The molecule has 0 aliphatic heterocycles. The van der Waals surface area contributed by atoms with Crippen LogP contribution in [0.3, 0.4) is 0 Å². The number of hydrogen-bond acceptors (Lipinski definition) is 12. The fraction of sp³-hybridized carbons (Fsp3) is 1.00. The van der Waals surface area contributed by atoms with Crippen molar-refractivity contribution in [3.05, 3.63) is 0 Å². The second-order valence-electron chi connectivity index (χ2n) is 15.5. The maximum absolute atomic E-state index is 7.09. The van der Waals surface area contributed by atoms with E-state index in [2.05, 4.69) is 85.1 Å². The lowest BCUT2D eigenvalue weighted by Crippen LogP contribution is -2.65. The highest BCUT2D eigenvalue weighted by Crippen LogP contribution is 2.32. The second-order valence-corrected chi connectivity index (χ2v) is 46.2. The van der Waals surface area contributed by atoms with Crippen molar-refractivity contribution in [3.63, 3.8) is 0 Å². The first-order chi connectivity index (χ1) is 21.4. The Morgan fingerprint density at radius 1 is 0.362 bits per heavy atom. The van der Waals surface area contributed by atoms with Crippen LogP contribution < -0.4 is 17.2 Å². The maximum Gasteiger partial charge on any atom is 0.470 e. The number of rotatable bonds is 30. The molecule has 47 heavy (non-hydrogen) atoms. The van der Waals surface area contributed by atoms with Gasteiger partial charge in [0, 0.05) is 6.55 Å². The Bertz CT molecular complexity index is 751. The van der Waals surface area contributed by atoms with E-state index in [-0.39, 0.29) is 0 Å². The van der Waals surface area contributed by atoms with Crippen LogP contribution in [-0.4, -0.2) is 114 Å². The summed E-state index contributed by atoms with van der Waals surface area (Å²) >= 11 is 5.91. The Kier molecular flexibility index (Phi) is 24.2. The van der Waals surface area contributed by atoms with E-state index in [4.69, 9.17) is 41.9 Å². The number of hydrogen-bond donors (Lipinski definition) is 3. The zero-order chi connectivity index (χ0) is 36.5. The molecule has 0 atom stereocenters. The molecule has 0 saturated heterocycles. The van der Waals surface area contributed by atoms with Crippen LogP contribution in [0.4, 0.5) is 0 Å². The molecule has 0 fully saturated rings. The van der Waals surface area contributed by atoms with Gasteiger partial charge in [-0.25, -0.2) is 0 Å². The first kappa shape index (κ1) is 49.2. The van der Waals surface area contributed by atoms with Crippen LogP contribution in [0.1, 0.15) is 19.3 Å². The number of thioether (sulfide) groups is 3. The quantitative estimate of drug-likeness (QED) is 0.0486. The Labute approximate surface area is 311 Å². The maximum atomic E-state index is 7.09. The predicted octanol–water partition coefficient (Wildman–Crippen LogP) is 7.62. The molecule has 0 aromatic heterocycles. The Morgan fingerprint density at radius 3 is 0.809 bits per heavy atom. The van der Waals surface area contributed by atoms with Crippen LogP contribution in [0.5, 0.6) is 0 Å². The van der Waals surface area contributed by atoms with Gasteiger partial charge in [0.1, 0.15) is 0 Å². The van der Waals surface area contributed by atoms with Crippen molar-refractivity contribution in [3.8, 4) is 0 Å². The standard InChI is InChI=1S/C28H75N3O6S3Si7/c1-41(2,26-23-38-20-14-17-29)32-44(7,8)35-47(13,36-45(9,10)33-42(3,4)27-24-39-21-15-18-30)37-46(11,12)34-43(5,6)28-25-40-22-16-19-31/h14-31H2,1-13H3. The topological polar surface area (TPSA) is 133 Å². The summed E-state index contributed by atoms with van der Waals surface area (Å²) in [4.78, 5) is 0. The SMILES string of the molecule is C[Si](C)(CCSCCCN)O[Si](C)(C)O[Si](C)(O[Si](C)(C)O[Si](C)(C)CCSCCCN)O[Si](C)(C)O[Si](C)(C)CCSCCCN. The molecule has 0 spiro atoms. The average Bonchev–Trinajstić information content (AvgIpc) is 2.84. The minimum Gasteiger partial charge on any atom is -0.436 e. The fourth-order valence-electron chi connectivity index (χ4n) is 5.43. The summed E-state index contributed by atoms with van der Waals surface area (Å²) in [5.74, 6) is 6.55. The molecule has 0 aromatic rings. The Hall–Kier alpha value is 2.21. The van der Waals surface area contributed by atoms with Crippen molar-refractivity contribution in [2.45, 2.75) is 123 Å². The third kappa shape index (κ3) is 26.6. The van der Waals surface area contributed by atoms with Crippen molar-refractivity contribution in [1.82, 2.24) is 0 Å². The normalized spacial score (nSPS) is 14.3. The molecule has 9 nitrogen and oxygen atoms in total. The lowest BCUT2D eigenvalue weighted by molar-refractivity contribution is 0.199. The lowest BCUT2D eigenvalue weighted by Gasteiger charge is -2.46. The summed E-state index contributed by atoms with van der Waals surface area (Å²) in [6.45, 7) is 31.0. The second kappa shape index (κ2) is 23.1. The molecule has 0 aliphatic carbocycles. The molecule has 0 aliphatic rings. The molecule has 0 rings (SSSR count). The van der Waals surface area contributed by atoms with Gasteiger partial charge in [-0.2, -0.15) is 35.3 Å². The third-order valence-electron chi connectivity index (χ3n) is 6.88. The van der Waals surface area contributed by atoms with Crippen LogP contribution >= 0.6 is 35.3 Å². The zero-order valence-electron chi connectivity index (χ0n) is 32.5. The van der Waals surface area contributed by atoms with E-state index in [0.29, 0.717) is 0 Å². The van der Waals surface area contributed by atoms with E-state index in [1.807, 2.05) is 35.3 Å². The minimum atomic E-state index is -3.28. The highest BCUT2D eigenvalue weighted by atomic mass is 32.2. The molecule has 0 unspecified atom stereocenters. The summed E-state index contributed by atoms with van der Waals surface area (Å²) in [6, 6.07) is 3.21. The van der Waals surface area contributed by atoms with Crippen LogP contribution in [0.25, 0.3) is 0 Å². The molecule has 0 saturated carbocycles. The van der Waals surface area contributed by atoms with E-state index in [1.165, 1.54) is 0 Å². The molecular weight excluding hydrogens is 767 g/mol. The van der Waals surface area contributed by atoms with Crippen molar-refractivity contribution in [1.29, 1.82) is 0 Å². The summed E-state index contributed by atoms with van der Waals surface area (Å²) in [5, 5.41) is 0. The van der Waals surface area contributed by atoms with Gasteiger partial charge in [-0.1, -0.05) is 0 Å². The van der Waals surface area contributed by atoms with Crippen molar-refractivity contribution >= 4 is 94.7 Å². The molecule has 6 N–H and O–H groups in total. The van der Waals surface area contributed by atoms with Crippen LogP contribution in [0, 0.1) is 0 Å². The van der Waals surface area contributed by atoms with Gasteiger partial charge in [-0.05, 0) is 170 Å². The van der Waals surface area contributed by atoms with Crippen LogP contribution in [0.15, 0.2) is 0 Å². The van der Waals surface area contributed by atoms with E-state index in [1.54, 1.807) is 0 Å². The molecule has 0 bridgehead atoms. The van der Waals surface area contributed by atoms with Gasteiger partial charge in [0.05, 0.1) is 0 Å². The highest BCUT2D eigenvalue weighted by molar-refractivity contribution is 7.99. The minimum absolute atomic E-state index is 0.745. The van der Waals surface area contributed by atoms with Gasteiger partial charge in [-0.15, -0.1) is 0 Å². The molecule has 19 heteroatoms. The van der Waals surface area contributed by atoms with Crippen LogP contribution in [0.2, 0.25) is 103 Å². The highest BCUT2D eigenvalue weighted by Gasteiger charge is 2.53. The first-order valence-corrected chi connectivity index (χ1v) is 41.0. The lowest BCUT2D eigenvalue weighted by atomic mass is 10.5.